The summed E-state index contributed by atoms with van der Waals surface area (Å²) in [4.78, 5) is 4.74. The van der Waals surface area contributed by atoms with Crippen LogP contribution in [0, 0.1) is 22.7 Å². The summed E-state index contributed by atoms with van der Waals surface area (Å²) in [5.74, 6) is 2.23. The fourth-order valence-corrected chi connectivity index (χ4v) is 5.82. The Labute approximate surface area is 146 Å². The normalized spacial score (nSPS) is 43.9. The van der Waals surface area contributed by atoms with E-state index in [0.717, 1.165) is 25.7 Å². The lowest BCUT2D eigenvalue weighted by molar-refractivity contribution is -0.112. The molecule has 2 saturated carbocycles. The van der Waals surface area contributed by atoms with E-state index in [4.69, 9.17) is 14.5 Å². The smallest absolute Gasteiger partial charge is 0.191 e. The van der Waals surface area contributed by atoms with Crippen LogP contribution in [0.4, 0.5) is 0 Å². The number of hydrogen-bond donors (Lipinski definition) is 2. The second-order valence-corrected chi connectivity index (χ2v) is 9.20. The fraction of sp³-hybridized carbons (Fsp3) is 0.947. The van der Waals surface area contributed by atoms with Gasteiger partial charge in [-0.2, -0.15) is 0 Å². The molecule has 0 radical (unpaired) electrons. The Balaban J connectivity index is 1.45. The molecule has 4 aliphatic rings. The summed E-state index contributed by atoms with van der Waals surface area (Å²) in [7, 11) is 0. The molecule has 2 saturated heterocycles. The van der Waals surface area contributed by atoms with Gasteiger partial charge in [0.1, 0.15) is 0 Å². The van der Waals surface area contributed by atoms with Gasteiger partial charge < -0.3 is 20.1 Å². The minimum atomic E-state index is 0.172. The van der Waals surface area contributed by atoms with Crippen molar-refractivity contribution in [3.8, 4) is 0 Å². The Morgan fingerprint density at radius 1 is 0.917 bits per heavy atom. The Morgan fingerprint density at radius 3 is 1.79 bits per heavy atom. The maximum atomic E-state index is 5.93. The van der Waals surface area contributed by atoms with Gasteiger partial charge in [0.2, 0.25) is 0 Å². The van der Waals surface area contributed by atoms with Crippen LogP contribution in [0.2, 0.25) is 0 Å². The highest BCUT2D eigenvalue weighted by Crippen LogP contribution is 2.53. The highest BCUT2D eigenvalue weighted by atomic mass is 16.5. The zero-order valence-electron chi connectivity index (χ0n) is 15.8. The third-order valence-electron chi connectivity index (χ3n) is 7.10. The molecule has 2 aliphatic heterocycles. The molecule has 136 valence electrons. The molecule has 0 aromatic carbocycles. The first-order valence-corrected chi connectivity index (χ1v) is 9.68. The first-order valence-electron chi connectivity index (χ1n) is 9.68. The number of guanidine groups is 1. The Kier molecular flexibility index (Phi) is 3.88. The molecule has 0 aromatic rings. The van der Waals surface area contributed by atoms with E-state index in [2.05, 4.69) is 45.3 Å². The monoisotopic (exact) mass is 335 g/mol. The van der Waals surface area contributed by atoms with Crippen LogP contribution in [0.5, 0.6) is 0 Å². The molecule has 4 fully saturated rings. The van der Waals surface area contributed by atoms with Gasteiger partial charge in [-0.15, -0.1) is 0 Å². The van der Waals surface area contributed by atoms with Gasteiger partial charge in [-0.05, 0) is 19.8 Å². The average Bonchev–Trinajstić information content (AvgIpc) is 3.16. The minimum absolute atomic E-state index is 0.172. The number of fused-ring (bicyclic) bond motifs is 2. The molecule has 6 unspecified atom stereocenters. The molecule has 0 bridgehead atoms. The number of aliphatic imine (C=N–C) groups is 1. The van der Waals surface area contributed by atoms with Crippen LogP contribution in [0.25, 0.3) is 0 Å². The van der Waals surface area contributed by atoms with E-state index >= 15 is 0 Å². The van der Waals surface area contributed by atoms with Crippen LogP contribution < -0.4 is 10.6 Å². The van der Waals surface area contributed by atoms with E-state index in [-0.39, 0.29) is 10.8 Å². The lowest BCUT2D eigenvalue weighted by Crippen LogP contribution is -2.72. The Morgan fingerprint density at radius 2 is 1.38 bits per heavy atom. The van der Waals surface area contributed by atoms with Gasteiger partial charge in [0.25, 0.3) is 0 Å². The van der Waals surface area contributed by atoms with Crippen molar-refractivity contribution in [1.29, 1.82) is 0 Å². The van der Waals surface area contributed by atoms with Gasteiger partial charge in [-0.25, -0.2) is 0 Å². The highest BCUT2D eigenvalue weighted by molar-refractivity contribution is 5.81. The van der Waals surface area contributed by atoms with Crippen molar-refractivity contribution < 1.29 is 9.47 Å². The van der Waals surface area contributed by atoms with E-state index in [9.17, 15) is 0 Å². The minimum Gasteiger partial charge on any atom is -0.377 e. The van der Waals surface area contributed by atoms with Crippen LogP contribution in [0.15, 0.2) is 4.99 Å². The highest BCUT2D eigenvalue weighted by Gasteiger charge is 2.61. The molecule has 5 heteroatoms. The topological polar surface area (TPSA) is 54.9 Å². The summed E-state index contributed by atoms with van der Waals surface area (Å²) in [5.41, 5.74) is 0.344. The van der Waals surface area contributed by atoms with E-state index in [1.807, 2.05) is 0 Å². The Bertz CT molecular complexity index is 489. The summed E-state index contributed by atoms with van der Waals surface area (Å²) in [6.07, 6.45) is 3.15. The molecular formula is C19H33N3O2. The largest absolute Gasteiger partial charge is 0.377 e. The third-order valence-corrected chi connectivity index (χ3v) is 7.10. The molecular weight excluding hydrogens is 302 g/mol. The predicted molar refractivity (Wildman–Crippen MR) is 95.1 cm³/mol. The molecule has 2 N–H and O–H groups in total. The summed E-state index contributed by atoms with van der Waals surface area (Å²) in [6.45, 7) is 14.0. The van der Waals surface area contributed by atoms with E-state index in [1.165, 1.54) is 12.8 Å². The van der Waals surface area contributed by atoms with E-state index < -0.39 is 0 Å². The van der Waals surface area contributed by atoms with Crippen molar-refractivity contribution >= 4 is 5.96 Å². The second kappa shape index (κ2) is 5.60. The number of nitrogens with zero attached hydrogens (tertiary/aromatic N) is 1. The number of rotatable bonds is 3. The van der Waals surface area contributed by atoms with Crippen molar-refractivity contribution in [2.24, 2.45) is 27.7 Å². The van der Waals surface area contributed by atoms with Crippen LogP contribution in [-0.2, 0) is 9.47 Å². The fourth-order valence-electron chi connectivity index (χ4n) is 5.82. The van der Waals surface area contributed by atoms with Gasteiger partial charge in [-0.1, -0.05) is 27.7 Å². The van der Waals surface area contributed by atoms with Crippen LogP contribution in [0.1, 0.15) is 47.5 Å². The molecule has 0 amide bonds. The summed E-state index contributed by atoms with van der Waals surface area (Å²) in [5, 5.41) is 7.50. The van der Waals surface area contributed by atoms with Crippen LogP contribution in [-0.4, -0.2) is 50.0 Å². The Hall–Kier alpha value is -0.810. The lowest BCUT2D eigenvalue weighted by Gasteiger charge is -2.57. The van der Waals surface area contributed by atoms with Gasteiger partial charge in [0, 0.05) is 54.5 Å². The zero-order chi connectivity index (χ0) is 17.1. The number of ether oxygens (including phenoxy) is 2. The molecule has 24 heavy (non-hydrogen) atoms. The van der Waals surface area contributed by atoms with Gasteiger partial charge in [-0.3, -0.25) is 4.99 Å². The quantitative estimate of drug-likeness (QED) is 0.613. The van der Waals surface area contributed by atoms with Crippen molar-refractivity contribution in [2.45, 2.75) is 71.8 Å². The summed E-state index contributed by atoms with van der Waals surface area (Å²) < 4.78 is 11.9. The molecule has 6 atom stereocenters. The van der Waals surface area contributed by atoms with Crippen molar-refractivity contribution in [3.05, 3.63) is 0 Å². The molecule has 5 nitrogen and oxygen atoms in total. The number of nitrogens with one attached hydrogen (secondary N) is 2. The zero-order valence-corrected chi connectivity index (χ0v) is 15.8. The standard InChI is InChI=1S/C19H33N3O2/c1-6-20-17(21-13-11-7-9-23-15(11)18(13,2)3)22-14-12-8-10-24-16(12)19(14,4)5/h11-16H,6-10H2,1-5H3,(H2,20,21,22). The van der Waals surface area contributed by atoms with Crippen molar-refractivity contribution in [1.82, 2.24) is 10.6 Å². The molecule has 0 aromatic heterocycles. The molecule has 4 rings (SSSR count). The first-order chi connectivity index (χ1) is 11.4. The lowest BCUT2D eigenvalue weighted by atomic mass is 9.57. The summed E-state index contributed by atoms with van der Waals surface area (Å²) >= 11 is 0. The van der Waals surface area contributed by atoms with Crippen LogP contribution in [0.3, 0.4) is 0 Å². The number of hydrogen-bond acceptors (Lipinski definition) is 3. The van der Waals surface area contributed by atoms with Crippen LogP contribution >= 0.6 is 0 Å². The summed E-state index contributed by atoms with van der Waals surface area (Å²) in [6, 6.07) is 0.892. The van der Waals surface area contributed by atoms with E-state index in [1.54, 1.807) is 0 Å². The predicted octanol–water partition coefficient (Wildman–Crippen LogP) is 2.17. The second-order valence-electron chi connectivity index (χ2n) is 9.20. The van der Waals surface area contributed by atoms with Crippen molar-refractivity contribution in [2.75, 3.05) is 19.8 Å². The first kappa shape index (κ1) is 16.6. The van der Waals surface area contributed by atoms with Gasteiger partial charge in [0.15, 0.2) is 5.96 Å². The third kappa shape index (κ3) is 2.23. The SMILES string of the molecule is CCN=C(NC1C2CCOC2C1(C)C)NC1C2CCOC2C1(C)C. The molecule has 2 aliphatic carbocycles. The van der Waals surface area contributed by atoms with Gasteiger partial charge in [0.05, 0.1) is 12.2 Å². The maximum Gasteiger partial charge on any atom is 0.191 e. The molecule has 0 spiro atoms. The average molecular weight is 335 g/mol. The van der Waals surface area contributed by atoms with Gasteiger partial charge >= 0.3 is 0 Å². The molecule has 2 heterocycles. The maximum absolute atomic E-state index is 5.93. The van der Waals surface area contributed by atoms with E-state index in [0.29, 0.717) is 36.1 Å². The van der Waals surface area contributed by atoms with Crippen molar-refractivity contribution in [3.63, 3.8) is 0 Å².